The molecule has 1 amide bonds. The summed E-state index contributed by atoms with van der Waals surface area (Å²) < 4.78 is 27.7. The van der Waals surface area contributed by atoms with Gasteiger partial charge in [0.1, 0.15) is 0 Å². The van der Waals surface area contributed by atoms with E-state index in [0.29, 0.717) is 25.2 Å². The Morgan fingerprint density at radius 1 is 1.07 bits per heavy atom. The zero-order chi connectivity index (χ0) is 20.4. The molecule has 0 unspecified atom stereocenters. The molecule has 1 fully saturated rings. The summed E-state index contributed by atoms with van der Waals surface area (Å²) in [6.45, 7) is 4.00. The van der Waals surface area contributed by atoms with Gasteiger partial charge in [-0.2, -0.15) is 0 Å². The van der Waals surface area contributed by atoms with Crippen LogP contribution in [0.3, 0.4) is 0 Å². The Morgan fingerprint density at radius 2 is 1.86 bits per heavy atom. The number of benzene rings is 1. The van der Waals surface area contributed by atoms with Crippen molar-refractivity contribution in [1.29, 1.82) is 0 Å². The smallest absolute Gasteiger partial charge is 0.257 e. The molecule has 1 saturated heterocycles. The van der Waals surface area contributed by atoms with Crippen LogP contribution in [0.2, 0.25) is 5.02 Å². The Bertz CT molecular complexity index is 985. The molecule has 3 heterocycles. The van der Waals surface area contributed by atoms with E-state index in [1.807, 2.05) is 24.3 Å². The van der Waals surface area contributed by atoms with Gasteiger partial charge in [-0.3, -0.25) is 9.69 Å². The minimum atomic E-state index is -3.52. The molecule has 3 aliphatic heterocycles. The highest BCUT2D eigenvalue weighted by Crippen LogP contribution is 2.20. The summed E-state index contributed by atoms with van der Waals surface area (Å²) in [5.41, 5.74) is 1.54. The van der Waals surface area contributed by atoms with Crippen molar-refractivity contribution in [2.45, 2.75) is 13.0 Å². The molecule has 7 nitrogen and oxygen atoms in total. The average Bonchev–Trinajstić information content (AvgIpc) is 2.94. The highest BCUT2D eigenvalue weighted by Gasteiger charge is 2.32. The zero-order valence-corrected chi connectivity index (χ0v) is 17.6. The van der Waals surface area contributed by atoms with Crippen LogP contribution in [0.25, 0.3) is 0 Å². The third-order valence-electron chi connectivity index (χ3n) is 5.28. The minimum absolute atomic E-state index is 0.0360. The van der Waals surface area contributed by atoms with Crippen LogP contribution in [0.4, 0.5) is 0 Å². The van der Waals surface area contributed by atoms with Gasteiger partial charge in [0.15, 0.2) is 5.84 Å². The quantitative estimate of drug-likeness (QED) is 0.726. The van der Waals surface area contributed by atoms with Crippen LogP contribution in [0.1, 0.15) is 12.0 Å². The molecule has 154 valence electrons. The SMILES string of the molecule is O=C(C1=CC=CN2CCS(=O)(=O)N=C12)N1CCCN(Cc2ccc(Cl)cc2)CC1. The van der Waals surface area contributed by atoms with Gasteiger partial charge in [-0.1, -0.05) is 23.7 Å². The third kappa shape index (κ3) is 4.71. The van der Waals surface area contributed by atoms with Gasteiger partial charge in [0.05, 0.1) is 11.3 Å². The molecule has 0 aliphatic carbocycles. The number of carbonyl (C=O) groups excluding carboxylic acids is 1. The number of sulfonamides is 1. The Kier molecular flexibility index (Phi) is 5.76. The second kappa shape index (κ2) is 8.30. The number of fused-ring (bicyclic) bond motifs is 1. The lowest BCUT2D eigenvalue weighted by atomic mass is 10.1. The maximum atomic E-state index is 13.2. The standard InChI is InChI=1S/C20H23ClN4O3S/c21-17-6-4-16(5-7-17)15-23-8-2-10-25(12-11-23)20(26)18-3-1-9-24-13-14-29(27,28)22-19(18)24/h1,3-7,9H,2,8,10-15H2. The maximum absolute atomic E-state index is 13.2. The summed E-state index contributed by atoms with van der Waals surface area (Å²) in [5.74, 6) is 0.0423. The molecule has 0 bridgehead atoms. The van der Waals surface area contributed by atoms with Crippen LogP contribution < -0.4 is 0 Å². The topological polar surface area (TPSA) is 73.3 Å². The fourth-order valence-electron chi connectivity index (χ4n) is 3.73. The van der Waals surface area contributed by atoms with Crippen LogP contribution in [0.5, 0.6) is 0 Å². The molecular weight excluding hydrogens is 412 g/mol. The van der Waals surface area contributed by atoms with E-state index in [1.54, 1.807) is 28.2 Å². The summed E-state index contributed by atoms with van der Waals surface area (Å²) in [4.78, 5) is 19.0. The second-order valence-corrected chi connectivity index (χ2v) is 9.56. The van der Waals surface area contributed by atoms with Crippen molar-refractivity contribution in [1.82, 2.24) is 14.7 Å². The summed E-state index contributed by atoms with van der Waals surface area (Å²) >= 11 is 5.96. The molecule has 0 atom stereocenters. The van der Waals surface area contributed by atoms with Crippen LogP contribution >= 0.6 is 11.6 Å². The lowest BCUT2D eigenvalue weighted by Gasteiger charge is -2.31. The fraction of sp³-hybridized carbons (Fsp3) is 0.400. The van der Waals surface area contributed by atoms with E-state index < -0.39 is 10.0 Å². The summed E-state index contributed by atoms with van der Waals surface area (Å²) in [6.07, 6.45) is 6.06. The summed E-state index contributed by atoms with van der Waals surface area (Å²) in [5, 5.41) is 0.720. The van der Waals surface area contributed by atoms with Crippen LogP contribution in [-0.2, 0) is 21.4 Å². The van der Waals surface area contributed by atoms with E-state index in [9.17, 15) is 13.2 Å². The van der Waals surface area contributed by atoms with E-state index in [0.717, 1.165) is 31.1 Å². The number of nitrogens with zero attached hydrogens (tertiary/aromatic N) is 4. The highest BCUT2D eigenvalue weighted by atomic mass is 35.5. The summed E-state index contributed by atoms with van der Waals surface area (Å²) in [6, 6.07) is 7.81. The zero-order valence-electron chi connectivity index (χ0n) is 16.0. The number of halogens is 1. The van der Waals surface area contributed by atoms with E-state index in [2.05, 4.69) is 9.30 Å². The van der Waals surface area contributed by atoms with Crippen molar-refractivity contribution in [3.63, 3.8) is 0 Å². The van der Waals surface area contributed by atoms with Crippen molar-refractivity contribution in [3.05, 3.63) is 58.8 Å². The van der Waals surface area contributed by atoms with Crippen molar-refractivity contribution >= 4 is 33.4 Å². The first kappa shape index (κ1) is 20.1. The molecule has 0 saturated carbocycles. The molecule has 0 radical (unpaired) electrons. The molecule has 0 N–H and O–H groups in total. The Balaban J connectivity index is 1.44. The Labute approximate surface area is 176 Å². The van der Waals surface area contributed by atoms with Gasteiger partial charge < -0.3 is 9.80 Å². The van der Waals surface area contributed by atoms with Gasteiger partial charge in [0.2, 0.25) is 0 Å². The fourth-order valence-corrected chi connectivity index (χ4v) is 4.84. The average molecular weight is 435 g/mol. The van der Waals surface area contributed by atoms with Crippen molar-refractivity contribution in [2.75, 3.05) is 38.5 Å². The lowest BCUT2D eigenvalue weighted by molar-refractivity contribution is -0.126. The molecule has 4 rings (SSSR count). The van der Waals surface area contributed by atoms with Gasteiger partial charge in [-0.25, -0.2) is 8.42 Å². The number of amidine groups is 1. The molecular formula is C20H23ClN4O3S. The molecule has 29 heavy (non-hydrogen) atoms. The van der Waals surface area contributed by atoms with Gasteiger partial charge >= 0.3 is 0 Å². The Morgan fingerprint density at radius 3 is 2.66 bits per heavy atom. The first-order valence-corrected chi connectivity index (χ1v) is 11.6. The van der Waals surface area contributed by atoms with Crippen molar-refractivity contribution in [2.24, 2.45) is 4.40 Å². The Hall–Kier alpha value is -2.16. The molecule has 0 spiro atoms. The number of rotatable bonds is 3. The molecule has 9 heteroatoms. The molecule has 1 aromatic carbocycles. The van der Waals surface area contributed by atoms with Crippen molar-refractivity contribution < 1.29 is 13.2 Å². The third-order valence-corrected chi connectivity index (χ3v) is 6.68. The van der Waals surface area contributed by atoms with E-state index in [1.165, 1.54) is 5.56 Å². The number of hydrogen-bond acceptors (Lipinski definition) is 5. The maximum Gasteiger partial charge on any atom is 0.257 e. The number of allylic oxidation sites excluding steroid dienone is 2. The van der Waals surface area contributed by atoms with Crippen LogP contribution in [0, 0.1) is 0 Å². The minimum Gasteiger partial charge on any atom is -0.337 e. The summed E-state index contributed by atoms with van der Waals surface area (Å²) in [7, 11) is -3.52. The van der Waals surface area contributed by atoms with Gasteiger partial charge in [0, 0.05) is 50.5 Å². The van der Waals surface area contributed by atoms with Crippen LogP contribution in [-0.4, -0.2) is 73.3 Å². The molecule has 0 aromatic heterocycles. The van der Waals surface area contributed by atoms with Gasteiger partial charge in [-0.05, 0) is 36.3 Å². The first-order chi connectivity index (χ1) is 13.9. The van der Waals surface area contributed by atoms with Crippen molar-refractivity contribution in [3.8, 4) is 0 Å². The molecule has 3 aliphatic rings. The van der Waals surface area contributed by atoms with E-state index >= 15 is 0 Å². The van der Waals surface area contributed by atoms with Gasteiger partial charge in [0.25, 0.3) is 15.9 Å². The lowest BCUT2D eigenvalue weighted by Crippen LogP contribution is -2.44. The van der Waals surface area contributed by atoms with E-state index in [4.69, 9.17) is 11.6 Å². The first-order valence-electron chi connectivity index (χ1n) is 9.65. The highest BCUT2D eigenvalue weighted by molar-refractivity contribution is 7.90. The van der Waals surface area contributed by atoms with E-state index in [-0.39, 0.29) is 17.5 Å². The normalized spacial score (nSPS) is 21.8. The van der Waals surface area contributed by atoms with Crippen LogP contribution in [0.15, 0.2) is 52.6 Å². The monoisotopic (exact) mass is 434 g/mol. The predicted octanol–water partition coefficient (Wildman–Crippen LogP) is 1.87. The second-order valence-electron chi connectivity index (χ2n) is 7.36. The predicted molar refractivity (Wildman–Crippen MR) is 113 cm³/mol. The largest absolute Gasteiger partial charge is 0.337 e. The number of amides is 1. The van der Waals surface area contributed by atoms with Gasteiger partial charge in [-0.15, -0.1) is 4.40 Å². The number of carbonyl (C=O) groups is 1. The number of hydrogen-bond donors (Lipinski definition) is 0. The molecule has 1 aromatic rings.